The van der Waals surface area contributed by atoms with Gasteiger partial charge in [-0.25, -0.2) is 0 Å². The molecule has 1 heterocycles. The maximum Gasteiger partial charge on any atom is 0.309 e. The second-order valence-corrected chi connectivity index (χ2v) is 15.6. The highest BCUT2D eigenvalue weighted by Gasteiger charge is 2.72. The maximum atomic E-state index is 13.9. The lowest BCUT2D eigenvalue weighted by molar-refractivity contribution is -0.231. The summed E-state index contributed by atoms with van der Waals surface area (Å²) in [6, 6.07) is 3.83. The fourth-order valence-electron chi connectivity index (χ4n) is 12.0. The van der Waals surface area contributed by atoms with Crippen LogP contribution in [0.2, 0.25) is 0 Å². The molecule has 0 aliphatic heterocycles. The fourth-order valence-corrected chi connectivity index (χ4v) is 12.0. The number of ketones is 1. The van der Waals surface area contributed by atoms with Gasteiger partial charge in [-0.15, -0.1) is 0 Å². The second-order valence-electron chi connectivity index (χ2n) is 15.6. The minimum Gasteiger partial charge on any atom is -0.481 e. The van der Waals surface area contributed by atoms with Crippen molar-refractivity contribution in [3.05, 3.63) is 41.9 Å². The summed E-state index contributed by atoms with van der Waals surface area (Å²) in [6.07, 6.45) is 12.4. The van der Waals surface area contributed by atoms with Gasteiger partial charge in [-0.3, -0.25) is 9.59 Å². The Balaban J connectivity index is 1.42. The summed E-state index contributed by atoms with van der Waals surface area (Å²) in [5, 5.41) is 10.6. The largest absolute Gasteiger partial charge is 0.481 e. The molecule has 1 aromatic heterocycles. The summed E-state index contributed by atoms with van der Waals surface area (Å²) in [6.45, 7) is 18.4. The lowest BCUT2D eigenvalue weighted by atomic mass is 9.32. The summed E-state index contributed by atoms with van der Waals surface area (Å²) in [4.78, 5) is 26.8. The molecule has 0 saturated heterocycles. The first kappa shape index (κ1) is 27.1. The molecule has 5 aliphatic rings. The summed E-state index contributed by atoms with van der Waals surface area (Å²) in [5.41, 5.74) is 1.30. The van der Waals surface area contributed by atoms with Crippen LogP contribution in [0.15, 0.2) is 40.5 Å². The van der Waals surface area contributed by atoms with E-state index in [9.17, 15) is 14.7 Å². The van der Waals surface area contributed by atoms with Crippen LogP contribution in [0.25, 0.3) is 6.08 Å². The summed E-state index contributed by atoms with van der Waals surface area (Å²) >= 11 is 0. The molecule has 6 rings (SSSR count). The van der Waals surface area contributed by atoms with Gasteiger partial charge < -0.3 is 9.52 Å². The molecule has 5 aliphatic carbocycles. The van der Waals surface area contributed by atoms with E-state index in [0.717, 1.165) is 69.1 Å². The van der Waals surface area contributed by atoms with Crippen LogP contribution in [-0.2, 0) is 9.59 Å². The van der Waals surface area contributed by atoms with Gasteiger partial charge >= 0.3 is 5.97 Å². The highest BCUT2D eigenvalue weighted by Crippen LogP contribution is 2.77. The maximum absolute atomic E-state index is 13.9. The van der Waals surface area contributed by atoms with Crippen molar-refractivity contribution < 1.29 is 19.1 Å². The SMILES string of the molecule is C=C(C)[C@@H]1CC[C@]2(C(=O)O)CC[C@]3(C)[C@H](CC[C@@H]4[C@@]5(C)C/C(=C/c6ccco6)C(=O)C(C)(C)[C@@H]5CC[C@]43C)[C@@H]12. The zero-order chi connectivity index (χ0) is 28.2. The standard InChI is InChI=1S/C35H48O4/c1-21(2)24-12-15-35(30(37)38)17-16-33(6)25(28(24)35)10-11-27-32(5)20-22(19-23-9-8-18-39-23)29(36)31(3,4)26(32)13-14-34(27,33)7/h8-9,18-19,24-28H,1,10-17,20H2,2-7H3,(H,37,38)/b22-19-/t24-,25+,26-,27+,28+,32-,33+,34+,35-/m0/s1. The average molecular weight is 533 g/mol. The van der Waals surface area contributed by atoms with Crippen molar-refractivity contribution in [1.29, 1.82) is 0 Å². The number of hydrogen-bond donors (Lipinski definition) is 1. The quantitative estimate of drug-likeness (QED) is 0.313. The average Bonchev–Trinajstić information content (AvgIpc) is 3.51. The van der Waals surface area contributed by atoms with E-state index >= 15 is 0 Å². The number of hydrogen-bond acceptors (Lipinski definition) is 3. The Morgan fingerprint density at radius 2 is 1.74 bits per heavy atom. The van der Waals surface area contributed by atoms with Crippen molar-refractivity contribution >= 4 is 17.8 Å². The number of carbonyl (C=O) groups is 2. The Bertz CT molecular complexity index is 1240. The molecule has 5 fully saturated rings. The predicted molar refractivity (Wildman–Crippen MR) is 154 cm³/mol. The van der Waals surface area contributed by atoms with E-state index in [0.29, 0.717) is 23.7 Å². The van der Waals surface area contributed by atoms with Gasteiger partial charge in [-0.2, -0.15) is 0 Å². The summed E-state index contributed by atoms with van der Waals surface area (Å²) in [5.74, 6) is 2.23. The third-order valence-corrected chi connectivity index (χ3v) is 13.9. The minimum absolute atomic E-state index is 0.0155. The first-order valence-electron chi connectivity index (χ1n) is 15.4. The molecule has 0 aromatic carbocycles. The Morgan fingerprint density at radius 3 is 2.38 bits per heavy atom. The molecule has 1 N–H and O–H groups in total. The molecule has 4 heteroatoms. The van der Waals surface area contributed by atoms with E-state index in [1.807, 2.05) is 18.2 Å². The molecule has 0 amide bonds. The molecule has 0 bridgehead atoms. The normalized spacial score (nSPS) is 47.6. The molecule has 212 valence electrons. The summed E-state index contributed by atoms with van der Waals surface area (Å²) < 4.78 is 5.65. The zero-order valence-corrected chi connectivity index (χ0v) is 24.9. The van der Waals surface area contributed by atoms with Crippen molar-refractivity contribution in [2.45, 2.75) is 99.3 Å². The van der Waals surface area contributed by atoms with Crippen LogP contribution in [0.4, 0.5) is 0 Å². The Labute approximate surface area is 234 Å². The molecular formula is C35H48O4. The van der Waals surface area contributed by atoms with Crippen molar-refractivity contribution in [3.8, 4) is 0 Å². The van der Waals surface area contributed by atoms with Gasteiger partial charge in [0.25, 0.3) is 0 Å². The van der Waals surface area contributed by atoms with E-state index < -0.39 is 16.8 Å². The van der Waals surface area contributed by atoms with Crippen molar-refractivity contribution in [2.24, 2.45) is 56.7 Å². The number of allylic oxidation sites excluding steroid dienone is 2. The number of furan rings is 1. The van der Waals surface area contributed by atoms with E-state index in [4.69, 9.17) is 4.42 Å². The van der Waals surface area contributed by atoms with Crippen molar-refractivity contribution in [1.82, 2.24) is 0 Å². The first-order valence-corrected chi connectivity index (χ1v) is 15.4. The number of carbonyl (C=O) groups excluding carboxylic acids is 1. The van der Waals surface area contributed by atoms with Gasteiger partial charge in [0.15, 0.2) is 5.78 Å². The number of rotatable bonds is 3. The van der Waals surface area contributed by atoms with E-state index in [2.05, 4.69) is 48.1 Å². The van der Waals surface area contributed by atoms with Gasteiger partial charge in [-0.1, -0.05) is 46.8 Å². The van der Waals surface area contributed by atoms with Crippen LogP contribution >= 0.6 is 0 Å². The number of fused-ring (bicyclic) bond motifs is 7. The van der Waals surface area contributed by atoms with Crippen LogP contribution in [0, 0.1) is 56.7 Å². The number of Topliss-reactive ketones (excluding diaryl/α,β-unsaturated/α-hetero) is 1. The highest BCUT2D eigenvalue weighted by molar-refractivity contribution is 6.04. The van der Waals surface area contributed by atoms with Crippen LogP contribution in [0.5, 0.6) is 0 Å². The third kappa shape index (κ3) is 3.35. The van der Waals surface area contributed by atoms with E-state index in [1.165, 1.54) is 5.57 Å². The van der Waals surface area contributed by atoms with Crippen LogP contribution in [0.3, 0.4) is 0 Å². The zero-order valence-electron chi connectivity index (χ0n) is 24.9. The lowest BCUT2D eigenvalue weighted by Gasteiger charge is -2.72. The van der Waals surface area contributed by atoms with Gasteiger partial charge in [0, 0.05) is 5.41 Å². The monoisotopic (exact) mass is 532 g/mol. The molecule has 0 radical (unpaired) electrons. The van der Waals surface area contributed by atoms with Crippen molar-refractivity contribution in [3.63, 3.8) is 0 Å². The molecule has 5 saturated carbocycles. The Hall–Kier alpha value is -2.10. The van der Waals surface area contributed by atoms with Crippen LogP contribution in [-0.4, -0.2) is 16.9 Å². The summed E-state index contributed by atoms with van der Waals surface area (Å²) in [7, 11) is 0. The lowest BCUT2D eigenvalue weighted by Crippen LogP contribution is -2.67. The minimum atomic E-state index is -0.587. The van der Waals surface area contributed by atoms with E-state index in [-0.39, 0.29) is 27.9 Å². The second kappa shape index (κ2) is 8.46. The third-order valence-electron chi connectivity index (χ3n) is 13.9. The van der Waals surface area contributed by atoms with Gasteiger partial charge in [-0.05, 0) is 134 Å². The molecule has 0 spiro atoms. The number of carboxylic acids is 1. The predicted octanol–water partition coefficient (Wildman–Crippen LogP) is 8.58. The number of aliphatic carboxylic acids is 1. The first-order chi connectivity index (χ1) is 18.2. The van der Waals surface area contributed by atoms with Crippen molar-refractivity contribution in [2.75, 3.05) is 0 Å². The molecular weight excluding hydrogens is 484 g/mol. The topological polar surface area (TPSA) is 67.5 Å². The van der Waals surface area contributed by atoms with Gasteiger partial charge in [0.2, 0.25) is 0 Å². The fraction of sp³-hybridized carbons (Fsp3) is 0.714. The van der Waals surface area contributed by atoms with Crippen LogP contribution < -0.4 is 0 Å². The molecule has 9 atom stereocenters. The van der Waals surface area contributed by atoms with Gasteiger partial charge in [0.05, 0.1) is 11.7 Å². The Kier molecular flexibility index (Phi) is 5.88. The van der Waals surface area contributed by atoms with Gasteiger partial charge in [0.1, 0.15) is 5.76 Å². The van der Waals surface area contributed by atoms with E-state index in [1.54, 1.807) is 6.26 Å². The highest BCUT2D eigenvalue weighted by atomic mass is 16.4. The molecule has 4 nitrogen and oxygen atoms in total. The molecule has 1 aromatic rings. The number of carboxylic acid groups (broad SMARTS) is 1. The molecule has 0 unspecified atom stereocenters. The van der Waals surface area contributed by atoms with Crippen LogP contribution in [0.1, 0.15) is 105 Å². The Morgan fingerprint density at radius 1 is 1.00 bits per heavy atom. The smallest absolute Gasteiger partial charge is 0.309 e. The molecule has 39 heavy (non-hydrogen) atoms.